The van der Waals surface area contributed by atoms with Gasteiger partial charge in [0.1, 0.15) is 0 Å². The molecule has 2 heteroatoms. The first-order chi connectivity index (χ1) is 7.89. The first-order valence-corrected chi connectivity index (χ1v) is 7.22. The summed E-state index contributed by atoms with van der Waals surface area (Å²) in [6, 6.07) is 0. The van der Waals surface area contributed by atoms with Gasteiger partial charge in [-0.1, -0.05) is 19.8 Å². The molecule has 2 aliphatic carbocycles. The number of fused-ring (bicyclic) bond motifs is 1. The van der Waals surface area contributed by atoms with Crippen molar-refractivity contribution in [2.45, 2.75) is 64.9 Å². The van der Waals surface area contributed by atoms with Crippen molar-refractivity contribution in [3.8, 4) is 0 Å². The lowest BCUT2D eigenvalue weighted by Gasteiger charge is -2.53. The molecule has 4 atom stereocenters. The molecule has 0 unspecified atom stereocenters. The highest BCUT2D eigenvalue weighted by Crippen LogP contribution is 2.55. The minimum atomic E-state index is -0.557. The molecule has 2 rings (SSSR count). The van der Waals surface area contributed by atoms with Crippen molar-refractivity contribution in [1.29, 1.82) is 0 Å². The molecule has 0 amide bonds. The summed E-state index contributed by atoms with van der Waals surface area (Å²) in [5, 5.41) is 20.0. The fourth-order valence-corrected chi connectivity index (χ4v) is 4.36. The minimum Gasteiger partial charge on any atom is -0.396 e. The van der Waals surface area contributed by atoms with E-state index in [-0.39, 0.29) is 5.41 Å². The van der Waals surface area contributed by atoms with E-state index in [2.05, 4.69) is 6.92 Å². The molecular formula is C15H28O2. The van der Waals surface area contributed by atoms with Gasteiger partial charge in [-0.2, -0.15) is 0 Å². The third-order valence-corrected chi connectivity index (χ3v) is 5.65. The van der Waals surface area contributed by atoms with Crippen molar-refractivity contribution in [1.82, 2.24) is 0 Å². The Bertz CT molecular complexity index is 269. The molecule has 2 nitrogen and oxygen atoms in total. The van der Waals surface area contributed by atoms with Crippen LogP contribution in [0.15, 0.2) is 0 Å². The summed E-state index contributed by atoms with van der Waals surface area (Å²) in [5.41, 5.74) is -0.377. The van der Waals surface area contributed by atoms with Crippen LogP contribution in [-0.4, -0.2) is 22.4 Å². The summed E-state index contributed by atoms with van der Waals surface area (Å²) in [6.45, 7) is 6.57. The predicted octanol–water partition coefficient (Wildman–Crippen LogP) is 2.97. The SMILES string of the molecule is C[C@H]1CCC[C@]2(CO)CC[C@@H](C(C)(C)O)C[C@@H]12. The molecule has 17 heavy (non-hydrogen) atoms. The number of hydrogen-bond donors (Lipinski definition) is 2. The molecule has 0 spiro atoms. The van der Waals surface area contributed by atoms with Gasteiger partial charge >= 0.3 is 0 Å². The molecule has 2 saturated carbocycles. The Morgan fingerprint density at radius 3 is 2.53 bits per heavy atom. The molecule has 2 N–H and O–H groups in total. The Labute approximate surface area is 105 Å². The van der Waals surface area contributed by atoms with E-state index in [1.54, 1.807) is 0 Å². The lowest BCUT2D eigenvalue weighted by molar-refractivity contribution is -0.0949. The maximum absolute atomic E-state index is 10.2. The summed E-state index contributed by atoms with van der Waals surface area (Å²) >= 11 is 0. The first-order valence-electron chi connectivity index (χ1n) is 7.22. The average molecular weight is 240 g/mol. The van der Waals surface area contributed by atoms with E-state index in [0.29, 0.717) is 24.4 Å². The van der Waals surface area contributed by atoms with Crippen molar-refractivity contribution < 1.29 is 10.2 Å². The van der Waals surface area contributed by atoms with Crippen LogP contribution >= 0.6 is 0 Å². The Morgan fingerprint density at radius 1 is 1.24 bits per heavy atom. The molecular weight excluding hydrogens is 212 g/mol. The summed E-state index contributed by atoms with van der Waals surface area (Å²) < 4.78 is 0. The highest BCUT2D eigenvalue weighted by Gasteiger charge is 2.49. The van der Waals surface area contributed by atoms with Crippen LogP contribution < -0.4 is 0 Å². The fourth-order valence-electron chi connectivity index (χ4n) is 4.36. The summed E-state index contributed by atoms with van der Waals surface area (Å²) in [6.07, 6.45) is 7.04. The topological polar surface area (TPSA) is 40.5 Å². The van der Waals surface area contributed by atoms with Gasteiger partial charge in [-0.15, -0.1) is 0 Å². The van der Waals surface area contributed by atoms with Gasteiger partial charge in [0, 0.05) is 6.61 Å². The Morgan fingerprint density at radius 2 is 1.94 bits per heavy atom. The van der Waals surface area contributed by atoms with Crippen LogP contribution in [0.1, 0.15) is 59.3 Å². The second-order valence-corrected chi connectivity index (χ2v) is 7.12. The Hall–Kier alpha value is -0.0800. The van der Waals surface area contributed by atoms with Crippen molar-refractivity contribution >= 4 is 0 Å². The van der Waals surface area contributed by atoms with E-state index >= 15 is 0 Å². The van der Waals surface area contributed by atoms with Crippen LogP contribution in [0.3, 0.4) is 0 Å². The normalized spacial score (nSPS) is 43.2. The van der Waals surface area contributed by atoms with E-state index in [4.69, 9.17) is 0 Å². The summed E-state index contributed by atoms with van der Waals surface area (Å²) in [4.78, 5) is 0. The van der Waals surface area contributed by atoms with Crippen LogP contribution in [0.25, 0.3) is 0 Å². The standard InChI is InChI=1S/C15H28O2/c1-11-5-4-7-15(10-16)8-6-12(9-13(11)15)14(2,3)17/h11-13,16-17H,4-10H2,1-3H3/t11-,12+,13-,15+/m0/s1. The van der Waals surface area contributed by atoms with E-state index in [1.807, 2.05) is 13.8 Å². The van der Waals surface area contributed by atoms with Crippen LogP contribution in [0.4, 0.5) is 0 Å². The lowest BCUT2D eigenvalue weighted by Crippen LogP contribution is -2.48. The monoisotopic (exact) mass is 240 g/mol. The molecule has 100 valence electrons. The number of hydrogen-bond acceptors (Lipinski definition) is 2. The van der Waals surface area contributed by atoms with E-state index in [1.165, 1.54) is 19.3 Å². The summed E-state index contributed by atoms with van der Waals surface area (Å²) in [5.74, 6) is 1.74. The van der Waals surface area contributed by atoms with Gasteiger partial charge in [0.15, 0.2) is 0 Å². The maximum atomic E-state index is 10.2. The van der Waals surface area contributed by atoms with E-state index in [0.717, 1.165) is 19.3 Å². The largest absolute Gasteiger partial charge is 0.396 e. The van der Waals surface area contributed by atoms with E-state index in [9.17, 15) is 10.2 Å². The van der Waals surface area contributed by atoms with Crippen molar-refractivity contribution in [3.63, 3.8) is 0 Å². The molecule has 0 radical (unpaired) electrons. The van der Waals surface area contributed by atoms with E-state index < -0.39 is 5.60 Å². The molecule has 0 aliphatic heterocycles. The van der Waals surface area contributed by atoms with Gasteiger partial charge < -0.3 is 10.2 Å². The van der Waals surface area contributed by atoms with Crippen molar-refractivity contribution in [2.24, 2.45) is 23.2 Å². The molecule has 0 aromatic rings. The molecule has 0 saturated heterocycles. The third kappa shape index (κ3) is 2.39. The molecule has 2 aliphatic rings. The molecule has 2 fully saturated rings. The molecule has 0 aromatic heterocycles. The Kier molecular flexibility index (Phi) is 3.57. The van der Waals surface area contributed by atoms with Crippen LogP contribution in [0.2, 0.25) is 0 Å². The van der Waals surface area contributed by atoms with Gasteiger partial charge in [-0.05, 0) is 62.7 Å². The van der Waals surface area contributed by atoms with Gasteiger partial charge in [0.05, 0.1) is 5.60 Å². The van der Waals surface area contributed by atoms with Crippen molar-refractivity contribution in [2.75, 3.05) is 6.61 Å². The highest BCUT2D eigenvalue weighted by molar-refractivity contribution is 4.99. The van der Waals surface area contributed by atoms with Crippen molar-refractivity contribution in [3.05, 3.63) is 0 Å². The van der Waals surface area contributed by atoms with Crippen LogP contribution in [-0.2, 0) is 0 Å². The second kappa shape index (κ2) is 4.55. The molecule has 0 bridgehead atoms. The van der Waals surface area contributed by atoms with Gasteiger partial charge in [0.25, 0.3) is 0 Å². The smallest absolute Gasteiger partial charge is 0.0619 e. The zero-order chi connectivity index (χ0) is 12.7. The zero-order valence-corrected chi connectivity index (χ0v) is 11.6. The average Bonchev–Trinajstić information content (AvgIpc) is 2.27. The summed E-state index contributed by atoms with van der Waals surface area (Å²) in [7, 11) is 0. The predicted molar refractivity (Wildman–Crippen MR) is 69.7 cm³/mol. The molecule has 0 heterocycles. The minimum absolute atomic E-state index is 0.180. The Balaban J connectivity index is 2.16. The number of aliphatic hydroxyl groups is 2. The lowest BCUT2D eigenvalue weighted by atomic mass is 9.53. The second-order valence-electron chi connectivity index (χ2n) is 7.12. The quantitative estimate of drug-likeness (QED) is 0.779. The van der Waals surface area contributed by atoms with Crippen LogP contribution in [0, 0.1) is 23.2 Å². The van der Waals surface area contributed by atoms with Gasteiger partial charge in [-0.25, -0.2) is 0 Å². The van der Waals surface area contributed by atoms with Gasteiger partial charge in [0.2, 0.25) is 0 Å². The fraction of sp³-hybridized carbons (Fsp3) is 1.00. The number of aliphatic hydroxyl groups excluding tert-OH is 1. The highest BCUT2D eigenvalue weighted by atomic mass is 16.3. The first kappa shape index (κ1) is 13.4. The maximum Gasteiger partial charge on any atom is 0.0619 e. The zero-order valence-electron chi connectivity index (χ0n) is 11.6. The number of rotatable bonds is 2. The van der Waals surface area contributed by atoms with Crippen LogP contribution in [0.5, 0.6) is 0 Å². The van der Waals surface area contributed by atoms with Gasteiger partial charge in [-0.3, -0.25) is 0 Å². The third-order valence-electron chi connectivity index (χ3n) is 5.65. The molecule has 0 aromatic carbocycles.